The van der Waals surface area contributed by atoms with Crippen LogP contribution in [0.1, 0.15) is 41.8 Å². The Labute approximate surface area is 153 Å². The van der Waals surface area contributed by atoms with Crippen molar-refractivity contribution >= 4 is 41.3 Å². The molecule has 0 radical (unpaired) electrons. The second-order valence-electron chi connectivity index (χ2n) is 5.80. The molecule has 2 aliphatic rings. The Morgan fingerprint density at radius 2 is 2.23 bits per heavy atom. The number of aliphatic imine (C=N–C) groups is 1. The zero-order valence-electron chi connectivity index (χ0n) is 13.4. The van der Waals surface area contributed by atoms with Crippen molar-refractivity contribution in [2.45, 2.75) is 64.8 Å². The van der Waals surface area contributed by atoms with Crippen LogP contribution >= 0.6 is 35.3 Å². The number of thiazole rings is 1. The zero-order valence-corrected chi connectivity index (χ0v) is 16.5. The van der Waals surface area contributed by atoms with Crippen LogP contribution in [0, 0.1) is 13.8 Å². The SMILES string of the molecule is CCNC(=NCc1nc(C)c(C)s1)NC1CC2CCC1O2.I. The van der Waals surface area contributed by atoms with Crippen molar-refractivity contribution in [3.63, 3.8) is 0 Å². The topological polar surface area (TPSA) is 58.5 Å². The number of guanidine groups is 1. The van der Waals surface area contributed by atoms with Crippen molar-refractivity contribution < 1.29 is 4.74 Å². The molecule has 2 saturated heterocycles. The minimum atomic E-state index is 0. The molecule has 22 heavy (non-hydrogen) atoms. The Morgan fingerprint density at radius 1 is 1.41 bits per heavy atom. The summed E-state index contributed by atoms with van der Waals surface area (Å²) in [6.45, 7) is 7.75. The molecule has 3 unspecified atom stereocenters. The minimum absolute atomic E-state index is 0. The molecule has 0 amide bonds. The summed E-state index contributed by atoms with van der Waals surface area (Å²) in [6, 6.07) is 0.404. The summed E-state index contributed by atoms with van der Waals surface area (Å²) in [6.07, 6.45) is 4.31. The van der Waals surface area contributed by atoms with Gasteiger partial charge in [-0.05, 0) is 40.0 Å². The van der Waals surface area contributed by atoms with Gasteiger partial charge in [0.1, 0.15) is 5.01 Å². The average Bonchev–Trinajstić information content (AvgIpc) is 3.13. The number of nitrogens with one attached hydrogen (secondary N) is 2. The molecule has 3 heterocycles. The molecular weight excluding hydrogens is 411 g/mol. The van der Waals surface area contributed by atoms with Crippen molar-refractivity contribution in [3.05, 3.63) is 15.6 Å². The fraction of sp³-hybridized carbons (Fsp3) is 0.733. The number of halogens is 1. The van der Waals surface area contributed by atoms with Crippen molar-refractivity contribution in [2.24, 2.45) is 4.99 Å². The second kappa shape index (κ2) is 7.92. The largest absolute Gasteiger partial charge is 0.373 e. The molecule has 2 aliphatic heterocycles. The maximum absolute atomic E-state index is 5.89. The highest BCUT2D eigenvalue weighted by molar-refractivity contribution is 14.0. The van der Waals surface area contributed by atoms with Crippen molar-refractivity contribution in [1.82, 2.24) is 15.6 Å². The smallest absolute Gasteiger partial charge is 0.191 e. The first-order chi connectivity index (χ1) is 10.2. The van der Waals surface area contributed by atoms with E-state index in [1.54, 1.807) is 11.3 Å². The normalized spacial score (nSPS) is 26.9. The van der Waals surface area contributed by atoms with E-state index in [2.05, 4.69) is 41.4 Å². The Morgan fingerprint density at radius 3 is 2.77 bits per heavy atom. The van der Waals surface area contributed by atoms with Crippen LogP contribution in [-0.4, -0.2) is 35.7 Å². The van der Waals surface area contributed by atoms with Gasteiger partial charge in [0, 0.05) is 11.4 Å². The Balaban J connectivity index is 0.00000176. The van der Waals surface area contributed by atoms with E-state index in [-0.39, 0.29) is 24.0 Å². The van der Waals surface area contributed by atoms with Gasteiger partial charge in [0.05, 0.1) is 30.5 Å². The van der Waals surface area contributed by atoms with Gasteiger partial charge in [-0.15, -0.1) is 35.3 Å². The molecule has 2 fully saturated rings. The van der Waals surface area contributed by atoms with Gasteiger partial charge in [-0.1, -0.05) is 0 Å². The Kier molecular flexibility index (Phi) is 6.46. The maximum Gasteiger partial charge on any atom is 0.191 e. The van der Waals surface area contributed by atoms with Crippen LogP contribution in [0.25, 0.3) is 0 Å². The van der Waals surface area contributed by atoms with Gasteiger partial charge >= 0.3 is 0 Å². The molecule has 0 spiro atoms. The fourth-order valence-corrected chi connectivity index (χ4v) is 3.90. The van der Waals surface area contributed by atoms with Crippen LogP contribution in [0.5, 0.6) is 0 Å². The summed E-state index contributed by atoms with van der Waals surface area (Å²) in [5, 5.41) is 7.93. The molecule has 1 aromatic rings. The molecule has 124 valence electrons. The van der Waals surface area contributed by atoms with E-state index in [0.29, 0.717) is 24.8 Å². The van der Waals surface area contributed by atoms with Crippen LogP contribution in [0.2, 0.25) is 0 Å². The third-order valence-electron chi connectivity index (χ3n) is 4.22. The predicted octanol–water partition coefficient (Wildman–Crippen LogP) is 2.75. The summed E-state index contributed by atoms with van der Waals surface area (Å²) in [5.74, 6) is 0.879. The van der Waals surface area contributed by atoms with Crippen molar-refractivity contribution in [1.29, 1.82) is 0 Å². The first-order valence-electron chi connectivity index (χ1n) is 7.79. The number of nitrogens with zero attached hydrogens (tertiary/aromatic N) is 2. The molecule has 1 aromatic heterocycles. The fourth-order valence-electron chi connectivity index (χ4n) is 3.04. The highest BCUT2D eigenvalue weighted by Crippen LogP contribution is 2.34. The van der Waals surface area contributed by atoms with Gasteiger partial charge in [0.2, 0.25) is 0 Å². The van der Waals surface area contributed by atoms with E-state index >= 15 is 0 Å². The lowest BCUT2D eigenvalue weighted by Crippen LogP contribution is -2.47. The molecule has 2 N–H and O–H groups in total. The summed E-state index contributed by atoms with van der Waals surface area (Å²) in [4.78, 5) is 10.5. The van der Waals surface area contributed by atoms with Gasteiger partial charge in [-0.25, -0.2) is 9.98 Å². The first kappa shape index (κ1) is 17.9. The van der Waals surface area contributed by atoms with Gasteiger partial charge < -0.3 is 15.4 Å². The predicted molar refractivity (Wildman–Crippen MR) is 101 cm³/mol. The lowest BCUT2D eigenvalue weighted by molar-refractivity contribution is 0.0992. The van der Waals surface area contributed by atoms with Gasteiger partial charge in [0.15, 0.2) is 5.96 Å². The number of hydrogen-bond donors (Lipinski definition) is 2. The van der Waals surface area contributed by atoms with Crippen LogP contribution in [0.3, 0.4) is 0 Å². The van der Waals surface area contributed by atoms with Crippen molar-refractivity contribution in [2.75, 3.05) is 6.54 Å². The summed E-state index contributed by atoms with van der Waals surface area (Å²) in [7, 11) is 0. The van der Waals surface area contributed by atoms with Gasteiger partial charge in [-0.3, -0.25) is 0 Å². The van der Waals surface area contributed by atoms with Crippen LogP contribution in [0.15, 0.2) is 4.99 Å². The van der Waals surface area contributed by atoms with Gasteiger partial charge in [0.25, 0.3) is 0 Å². The van der Waals surface area contributed by atoms with E-state index in [4.69, 9.17) is 4.74 Å². The number of rotatable bonds is 4. The van der Waals surface area contributed by atoms with E-state index in [1.807, 2.05) is 0 Å². The maximum atomic E-state index is 5.89. The summed E-state index contributed by atoms with van der Waals surface area (Å²) >= 11 is 1.73. The first-order valence-corrected chi connectivity index (χ1v) is 8.60. The zero-order chi connectivity index (χ0) is 14.8. The second-order valence-corrected chi connectivity index (χ2v) is 7.09. The summed E-state index contributed by atoms with van der Waals surface area (Å²) < 4.78 is 5.89. The number of aromatic nitrogens is 1. The molecule has 3 rings (SSSR count). The third-order valence-corrected chi connectivity index (χ3v) is 5.28. The lowest BCUT2D eigenvalue weighted by atomic mass is 9.96. The number of ether oxygens (including phenoxy) is 1. The highest BCUT2D eigenvalue weighted by Gasteiger charge is 2.41. The minimum Gasteiger partial charge on any atom is -0.373 e. The van der Waals surface area contributed by atoms with E-state index in [0.717, 1.165) is 29.6 Å². The molecule has 0 aliphatic carbocycles. The molecule has 0 aromatic carbocycles. The van der Waals surface area contributed by atoms with E-state index in [9.17, 15) is 0 Å². The number of aryl methyl sites for hydroxylation is 2. The monoisotopic (exact) mass is 436 g/mol. The molecule has 5 nitrogen and oxygen atoms in total. The van der Waals surface area contributed by atoms with Crippen LogP contribution < -0.4 is 10.6 Å². The molecule has 0 saturated carbocycles. The van der Waals surface area contributed by atoms with Crippen LogP contribution in [0.4, 0.5) is 0 Å². The Bertz CT molecular complexity index is 514. The number of hydrogen-bond acceptors (Lipinski definition) is 4. The van der Waals surface area contributed by atoms with E-state index < -0.39 is 0 Å². The molecule has 2 bridgehead atoms. The molecule has 3 atom stereocenters. The van der Waals surface area contributed by atoms with Crippen LogP contribution in [-0.2, 0) is 11.3 Å². The summed E-state index contributed by atoms with van der Waals surface area (Å²) in [5.41, 5.74) is 1.12. The standard InChI is InChI=1S/C15H24N4OS.HI/c1-4-16-15(17-8-14-18-9(2)10(3)21-14)19-12-7-11-5-6-13(12)20-11;/h11-13H,4-8H2,1-3H3,(H2,16,17,19);1H. The van der Waals surface area contributed by atoms with Crippen molar-refractivity contribution in [3.8, 4) is 0 Å². The highest BCUT2D eigenvalue weighted by atomic mass is 127. The van der Waals surface area contributed by atoms with Gasteiger partial charge in [-0.2, -0.15) is 0 Å². The average molecular weight is 436 g/mol. The lowest BCUT2D eigenvalue weighted by Gasteiger charge is -2.22. The third kappa shape index (κ3) is 4.11. The Hall–Kier alpha value is -0.410. The molecular formula is C15H25IN4OS. The molecule has 7 heteroatoms. The van der Waals surface area contributed by atoms with E-state index in [1.165, 1.54) is 17.7 Å². The quantitative estimate of drug-likeness (QED) is 0.433. The number of fused-ring (bicyclic) bond motifs is 2.